The molecule has 0 bridgehead atoms. The van der Waals surface area contributed by atoms with Gasteiger partial charge >= 0.3 is 0 Å². The number of amides is 2. The topological polar surface area (TPSA) is 71.3 Å². The summed E-state index contributed by atoms with van der Waals surface area (Å²) in [6.07, 6.45) is 1.93. The number of fused-ring (bicyclic) bond motifs is 1. The maximum absolute atomic E-state index is 12.0. The molecule has 1 aromatic heterocycles. The monoisotopic (exact) mass is 316 g/mol. The fourth-order valence-corrected chi connectivity index (χ4v) is 2.68. The number of hydrogen-bond acceptors (Lipinski definition) is 3. The van der Waals surface area contributed by atoms with Crippen LogP contribution in [0.5, 0.6) is 0 Å². The molecule has 0 atom stereocenters. The number of carbonyl (C=O) groups is 2. The lowest BCUT2D eigenvalue weighted by atomic mass is 9.95. The van der Waals surface area contributed by atoms with E-state index in [9.17, 15) is 9.59 Å². The highest BCUT2D eigenvalue weighted by Gasteiger charge is 2.13. The van der Waals surface area contributed by atoms with Gasteiger partial charge in [-0.1, -0.05) is 13.8 Å². The van der Waals surface area contributed by atoms with E-state index in [-0.39, 0.29) is 18.2 Å². The van der Waals surface area contributed by atoms with Crippen LogP contribution in [0.3, 0.4) is 0 Å². The molecule has 0 aliphatic carbocycles. The Hall–Kier alpha value is -2.30. The lowest BCUT2D eigenvalue weighted by Gasteiger charge is -2.10. The molecule has 0 aliphatic heterocycles. The smallest absolute Gasteiger partial charge is 0.224 e. The highest BCUT2D eigenvalue weighted by molar-refractivity contribution is 5.88. The maximum atomic E-state index is 12.0. The largest absolute Gasteiger partial charge is 0.464 e. The second-order valence-electron chi connectivity index (χ2n) is 6.13. The molecular weight excluding hydrogens is 292 g/mol. The summed E-state index contributed by atoms with van der Waals surface area (Å²) in [6, 6.07) is 4.15. The van der Waals surface area contributed by atoms with E-state index in [1.54, 1.807) is 6.26 Å². The summed E-state index contributed by atoms with van der Waals surface area (Å²) in [4.78, 5) is 22.8. The minimum Gasteiger partial charge on any atom is -0.464 e. The highest BCUT2D eigenvalue weighted by atomic mass is 16.3. The van der Waals surface area contributed by atoms with Gasteiger partial charge in [-0.25, -0.2) is 0 Å². The molecular formula is C18H24N2O3. The van der Waals surface area contributed by atoms with Crippen molar-refractivity contribution >= 4 is 22.8 Å². The minimum absolute atomic E-state index is 0.0790. The summed E-state index contributed by atoms with van der Waals surface area (Å²) in [5.74, 6) is 0.245. The standard InChI is InChI=1S/C18H24N2O3/c1-11(2)15-9-16-14(10-23-17(16)7-12(15)3)8-18(22)20-6-5-19-13(4)21/h7,9-11H,5-6,8H2,1-4H3,(H,19,21)(H,20,22). The number of benzene rings is 1. The van der Waals surface area contributed by atoms with Crippen molar-refractivity contribution in [3.05, 3.63) is 35.1 Å². The van der Waals surface area contributed by atoms with E-state index >= 15 is 0 Å². The third kappa shape index (κ3) is 4.34. The Labute approximate surface area is 136 Å². The van der Waals surface area contributed by atoms with Gasteiger partial charge in [-0.05, 0) is 36.1 Å². The Bertz CT molecular complexity index is 716. The molecule has 1 aromatic carbocycles. The first kappa shape index (κ1) is 17.1. The van der Waals surface area contributed by atoms with Crippen LogP contribution in [0.4, 0.5) is 0 Å². The number of nitrogens with one attached hydrogen (secondary N) is 2. The van der Waals surface area contributed by atoms with Gasteiger partial charge in [0.2, 0.25) is 11.8 Å². The molecule has 0 unspecified atom stereocenters. The lowest BCUT2D eigenvalue weighted by molar-refractivity contribution is -0.121. The second kappa shape index (κ2) is 7.31. The van der Waals surface area contributed by atoms with E-state index in [0.717, 1.165) is 16.5 Å². The fraction of sp³-hybridized carbons (Fsp3) is 0.444. The van der Waals surface area contributed by atoms with Crippen molar-refractivity contribution in [3.63, 3.8) is 0 Å². The molecule has 0 saturated carbocycles. The maximum Gasteiger partial charge on any atom is 0.224 e. The van der Waals surface area contributed by atoms with E-state index in [0.29, 0.717) is 19.0 Å². The predicted molar refractivity (Wildman–Crippen MR) is 90.4 cm³/mol. The van der Waals surface area contributed by atoms with E-state index in [2.05, 4.69) is 37.5 Å². The summed E-state index contributed by atoms with van der Waals surface area (Å²) in [7, 11) is 0. The number of rotatable bonds is 6. The third-order valence-electron chi connectivity index (χ3n) is 3.84. The van der Waals surface area contributed by atoms with Crippen LogP contribution in [-0.2, 0) is 16.0 Å². The van der Waals surface area contributed by atoms with Crippen LogP contribution < -0.4 is 10.6 Å². The Balaban J connectivity index is 2.06. The second-order valence-corrected chi connectivity index (χ2v) is 6.13. The first-order valence-electron chi connectivity index (χ1n) is 7.90. The van der Waals surface area contributed by atoms with Crippen LogP contribution in [0.15, 0.2) is 22.8 Å². The fourth-order valence-electron chi connectivity index (χ4n) is 2.68. The average molecular weight is 316 g/mol. The molecule has 2 rings (SSSR count). The van der Waals surface area contributed by atoms with E-state index in [1.807, 2.05) is 6.07 Å². The van der Waals surface area contributed by atoms with E-state index in [4.69, 9.17) is 4.42 Å². The Morgan fingerprint density at radius 2 is 1.87 bits per heavy atom. The molecule has 0 aliphatic rings. The molecule has 1 heterocycles. The highest BCUT2D eigenvalue weighted by Crippen LogP contribution is 2.29. The number of hydrogen-bond donors (Lipinski definition) is 2. The predicted octanol–water partition coefficient (Wildman–Crippen LogP) is 2.66. The van der Waals surface area contributed by atoms with Gasteiger partial charge < -0.3 is 15.1 Å². The zero-order valence-corrected chi connectivity index (χ0v) is 14.2. The van der Waals surface area contributed by atoms with Crippen LogP contribution in [-0.4, -0.2) is 24.9 Å². The third-order valence-corrected chi connectivity index (χ3v) is 3.84. The average Bonchev–Trinajstić information content (AvgIpc) is 2.84. The SMILES string of the molecule is CC(=O)NCCNC(=O)Cc1coc2cc(C)c(C(C)C)cc12. The normalized spacial score (nSPS) is 11.0. The molecule has 2 aromatic rings. The zero-order valence-electron chi connectivity index (χ0n) is 14.2. The van der Waals surface area contributed by atoms with Gasteiger partial charge in [-0.2, -0.15) is 0 Å². The van der Waals surface area contributed by atoms with Gasteiger partial charge in [0.15, 0.2) is 0 Å². The van der Waals surface area contributed by atoms with Gasteiger partial charge in [0.25, 0.3) is 0 Å². The number of furan rings is 1. The van der Waals surface area contributed by atoms with Gasteiger partial charge in [0.05, 0.1) is 12.7 Å². The first-order valence-corrected chi connectivity index (χ1v) is 7.90. The van der Waals surface area contributed by atoms with Crippen LogP contribution in [0.25, 0.3) is 11.0 Å². The molecule has 0 fully saturated rings. The molecule has 2 amide bonds. The van der Waals surface area contributed by atoms with Crippen molar-refractivity contribution in [1.29, 1.82) is 0 Å². The summed E-state index contributed by atoms with van der Waals surface area (Å²) in [5.41, 5.74) is 4.17. The van der Waals surface area contributed by atoms with Crippen molar-refractivity contribution in [2.45, 2.75) is 40.0 Å². The van der Waals surface area contributed by atoms with Crippen LogP contribution in [0.1, 0.15) is 43.4 Å². The van der Waals surface area contributed by atoms with Crippen molar-refractivity contribution in [1.82, 2.24) is 10.6 Å². The van der Waals surface area contributed by atoms with E-state index < -0.39 is 0 Å². The summed E-state index contributed by atoms with van der Waals surface area (Å²) < 4.78 is 5.59. The Morgan fingerprint density at radius 1 is 1.17 bits per heavy atom. The molecule has 5 heteroatoms. The van der Waals surface area contributed by atoms with E-state index in [1.165, 1.54) is 18.1 Å². The van der Waals surface area contributed by atoms with Gasteiger partial charge in [0, 0.05) is 31.0 Å². The van der Waals surface area contributed by atoms with Crippen LogP contribution >= 0.6 is 0 Å². The quantitative estimate of drug-likeness (QED) is 0.805. The molecule has 0 saturated heterocycles. The first-order chi connectivity index (χ1) is 10.9. The number of aryl methyl sites for hydroxylation is 1. The van der Waals surface area contributed by atoms with Crippen LogP contribution in [0.2, 0.25) is 0 Å². The Kier molecular flexibility index (Phi) is 5.42. The van der Waals surface area contributed by atoms with Gasteiger partial charge in [-0.15, -0.1) is 0 Å². The summed E-state index contributed by atoms with van der Waals surface area (Å²) >= 11 is 0. The lowest BCUT2D eigenvalue weighted by Crippen LogP contribution is -2.34. The molecule has 0 spiro atoms. The van der Waals surface area contributed by atoms with Crippen molar-refractivity contribution < 1.29 is 14.0 Å². The molecule has 23 heavy (non-hydrogen) atoms. The van der Waals surface area contributed by atoms with Crippen molar-refractivity contribution in [2.24, 2.45) is 0 Å². The molecule has 0 radical (unpaired) electrons. The minimum atomic E-state index is -0.100. The van der Waals surface area contributed by atoms with Gasteiger partial charge in [-0.3, -0.25) is 9.59 Å². The summed E-state index contributed by atoms with van der Waals surface area (Å²) in [6.45, 7) is 8.69. The molecule has 124 valence electrons. The Morgan fingerprint density at radius 3 is 2.52 bits per heavy atom. The molecule has 2 N–H and O–H groups in total. The van der Waals surface area contributed by atoms with Crippen molar-refractivity contribution in [2.75, 3.05) is 13.1 Å². The number of carbonyl (C=O) groups excluding carboxylic acids is 2. The van der Waals surface area contributed by atoms with Crippen LogP contribution in [0, 0.1) is 6.92 Å². The zero-order chi connectivity index (χ0) is 17.0. The van der Waals surface area contributed by atoms with Crippen molar-refractivity contribution in [3.8, 4) is 0 Å². The van der Waals surface area contributed by atoms with Gasteiger partial charge in [0.1, 0.15) is 5.58 Å². The summed E-state index contributed by atoms with van der Waals surface area (Å²) in [5, 5.41) is 6.43. The molecule has 5 nitrogen and oxygen atoms in total.